The van der Waals surface area contributed by atoms with Crippen LogP contribution in [0.25, 0.3) is 0 Å². The van der Waals surface area contributed by atoms with Gasteiger partial charge in [-0.05, 0) is 0 Å². The molecule has 6 heteroatoms. The van der Waals surface area contributed by atoms with Gasteiger partial charge < -0.3 is 25.1 Å². The Hall–Kier alpha value is -1.17. The van der Waals surface area contributed by atoms with Crippen LogP contribution in [-0.2, 0) is 28.8 Å². The third-order valence-electron chi connectivity index (χ3n) is 1.17. The zero-order chi connectivity index (χ0) is 14.5. The van der Waals surface area contributed by atoms with Gasteiger partial charge >= 0.3 is 26.8 Å². The van der Waals surface area contributed by atoms with Crippen molar-refractivity contribution in [1.82, 2.24) is 0 Å². The number of carboxylic acid groups (broad SMARTS) is 2. The standard InChI is InChI=1S/2C5H5.2CH2O2.2CH3.H2Si.Ti/c2*1-2-4-5-3-1;2*2-1-3;;;;/h2*1-3H,4H2;2*1H,(H,2,3);2*1H3;1H2;/q2*-1;;;2*-1;;. The molecule has 2 rings (SSSR count). The van der Waals surface area contributed by atoms with E-state index in [2.05, 4.69) is 24.3 Å². The summed E-state index contributed by atoms with van der Waals surface area (Å²) in [7, 11) is 1.86. The summed E-state index contributed by atoms with van der Waals surface area (Å²) in [5.74, 6) is 0. The molecule has 2 N–H and O–H groups in total. The van der Waals surface area contributed by atoms with Crippen LogP contribution in [-0.4, -0.2) is 30.8 Å². The van der Waals surface area contributed by atoms with Gasteiger partial charge in [0, 0.05) is 0 Å². The first kappa shape index (κ1) is 31.3. The number of allylic oxidation sites excluding steroid dienone is 8. The van der Waals surface area contributed by atoms with Crippen molar-refractivity contribution in [3.05, 3.63) is 63.5 Å². The van der Waals surface area contributed by atoms with E-state index in [0.29, 0.717) is 0 Å². The number of rotatable bonds is 0. The predicted molar refractivity (Wildman–Crippen MR) is 81.9 cm³/mol. The molecule has 0 spiro atoms. The summed E-state index contributed by atoms with van der Waals surface area (Å²) in [6.45, 7) is -0.500. The molecule has 2 aliphatic rings. The second kappa shape index (κ2) is 43.1. The van der Waals surface area contributed by atoms with Gasteiger partial charge in [0.1, 0.15) is 0 Å². The summed E-state index contributed by atoms with van der Waals surface area (Å²) >= 11 is 2.03. The van der Waals surface area contributed by atoms with Crippen molar-refractivity contribution in [2.75, 3.05) is 0 Å². The summed E-state index contributed by atoms with van der Waals surface area (Å²) in [4.78, 5) is 16.7. The fourth-order valence-electron chi connectivity index (χ4n) is 0.680. The molecule has 0 aromatic carbocycles. The van der Waals surface area contributed by atoms with Crippen molar-refractivity contribution in [3.8, 4) is 0 Å². The van der Waals surface area contributed by atoms with Crippen LogP contribution in [0.15, 0.2) is 36.5 Å². The fourth-order valence-corrected chi connectivity index (χ4v) is 0.680. The van der Waals surface area contributed by atoms with Crippen LogP contribution in [0.3, 0.4) is 0 Å². The van der Waals surface area contributed by atoms with Crippen molar-refractivity contribution >= 4 is 20.6 Å². The molecule has 0 aromatic rings. The van der Waals surface area contributed by atoms with Crippen LogP contribution in [0.5, 0.6) is 0 Å². The van der Waals surface area contributed by atoms with Crippen molar-refractivity contribution in [1.29, 1.82) is 0 Å². The van der Waals surface area contributed by atoms with E-state index in [0.717, 1.165) is 12.8 Å². The van der Waals surface area contributed by atoms with Gasteiger partial charge in [-0.25, -0.2) is 24.3 Å². The Morgan fingerprint density at radius 1 is 0.900 bits per heavy atom. The zero-order valence-electron chi connectivity index (χ0n) is 12.0. The SMILES string of the molecule is O=CO.O=CO.[C-]1=CC=CC1.[C-]1=CC=CC1.[CH3-].[CH3-].[SiH2]=[Ti]. The Morgan fingerprint density at radius 3 is 1.20 bits per heavy atom. The van der Waals surface area contributed by atoms with Crippen molar-refractivity contribution in [2.45, 2.75) is 12.8 Å². The molecule has 20 heavy (non-hydrogen) atoms. The number of hydrogen-bond donors (Lipinski definition) is 2. The molecular weight excluding hydrogens is 308 g/mol. The third kappa shape index (κ3) is 54.1. The van der Waals surface area contributed by atoms with E-state index < -0.39 is 0 Å². The van der Waals surface area contributed by atoms with E-state index >= 15 is 0 Å². The van der Waals surface area contributed by atoms with E-state index in [1.807, 2.05) is 51.1 Å². The number of hydrogen-bond acceptors (Lipinski definition) is 2. The molecule has 0 radical (unpaired) electrons. The van der Waals surface area contributed by atoms with Gasteiger partial charge in [0.2, 0.25) is 0 Å². The van der Waals surface area contributed by atoms with E-state index in [-0.39, 0.29) is 27.8 Å². The molecule has 0 atom stereocenters. The Morgan fingerprint density at radius 2 is 1.15 bits per heavy atom. The molecule has 4 nitrogen and oxygen atoms in total. The van der Waals surface area contributed by atoms with Gasteiger partial charge in [-0.15, -0.1) is 12.8 Å². The van der Waals surface area contributed by atoms with E-state index in [1.165, 1.54) is 0 Å². The molecule has 0 heterocycles. The summed E-state index contributed by atoms with van der Waals surface area (Å²) in [5.41, 5.74) is 0. The molecule has 0 aromatic heterocycles. The van der Waals surface area contributed by atoms with Crippen LogP contribution in [0.2, 0.25) is 0 Å². The number of carbonyl (C=O) groups is 2. The Balaban J connectivity index is -0.0000000479. The summed E-state index contributed by atoms with van der Waals surface area (Å²) < 4.78 is 0. The van der Waals surface area contributed by atoms with Crippen LogP contribution in [0, 0.1) is 27.0 Å². The molecule has 0 fully saturated rings. The van der Waals surface area contributed by atoms with E-state index in [9.17, 15) is 0 Å². The van der Waals surface area contributed by atoms with Gasteiger partial charge in [0.15, 0.2) is 0 Å². The molecule has 0 unspecified atom stereocenters. The normalized spacial score (nSPS) is 10.2. The summed E-state index contributed by atoms with van der Waals surface area (Å²) in [6, 6.07) is 0. The van der Waals surface area contributed by atoms with Crippen molar-refractivity contribution in [3.63, 3.8) is 0 Å². The van der Waals surface area contributed by atoms with Crippen LogP contribution < -0.4 is 0 Å². The Kier molecular flexibility index (Phi) is 67.4. The first-order chi connectivity index (χ1) is 8.83. The average molecular weight is 330 g/mol. The summed E-state index contributed by atoms with van der Waals surface area (Å²) in [6.07, 6.45) is 20.0. The minimum atomic E-state index is -0.250. The second-order valence-corrected chi connectivity index (χ2v) is 2.22. The molecule has 0 amide bonds. The van der Waals surface area contributed by atoms with Gasteiger partial charge in [0.25, 0.3) is 12.9 Å². The quantitative estimate of drug-likeness (QED) is 0.405. The van der Waals surface area contributed by atoms with Gasteiger partial charge in [-0.2, -0.15) is 12.2 Å². The van der Waals surface area contributed by atoms with Gasteiger partial charge in [-0.3, -0.25) is 21.7 Å². The van der Waals surface area contributed by atoms with Gasteiger partial charge in [0.05, 0.1) is 0 Å². The van der Waals surface area contributed by atoms with Gasteiger partial charge in [-0.1, -0.05) is 0 Å². The van der Waals surface area contributed by atoms with Crippen molar-refractivity contribution in [2.24, 2.45) is 0 Å². The molecule has 0 aliphatic heterocycles. The van der Waals surface area contributed by atoms with Crippen LogP contribution in [0.1, 0.15) is 12.8 Å². The molecule has 0 bridgehead atoms. The first-order valence-corrected chi connectivity index (χ1v) is 8.80. The summed E-state index contributed by atoms with van der Waals surface area (Å²) in [5, 5.41) is 13.8. The molecule has 114 valence electrons. The van der Waals surface area contributed by atoms with Crippen molar-refractivity contribution < 1.29 is 39.0 Å². The minimum absolute atomic E-state index is 0. The molecule has 0 saturated heterocycles. The average Bonchev–Trinajstić information content (AvgIpc) is 3.12. The second-order valence-electron chi connectivity index (χ2n) is 2.22. The van der Waals surface area contributed by atoms with Crippen LogP contribution in [0.4, 0.5) is 0 Å². The Labute approximate surface area is 136 Å². The third-order valence-corrected chi connectivity index (χ3v) is 1.17. The zero-order valence-corrected chi connectivity index (χ0v) is 14.9. The molecule has 0 saturated carbocycles. The Bertz CT molecular complexity index is 239. The molecule has 2 aliphatic carbocycles. The maximum absolute atomic E-state index is 8.36. The fraction of sp³-hybridized carbons (Fsp3) is 0.143. The maximum atomic E-state index is 8.36. The first-order valence-electron chi connectivity index (χ1n) is 4.78. The molecular formula is C14H22O4SiTi-4. The topological polar surface area (TPSA) is 74.6 Å². The van der Waals surface area contributed by atoms with Crippen LogP contribution >= 0.6 is 0 Å². The monoisotopic (exact) mass is 330 g/mol. The van der Waals surface area contributed by atoms with E-state index in [4.69, 9.17) is 19.8 Å². The van der Waals surface area contributed by atoms with E-state index in [1.54, 1.807) is 0 Å². The predicted octanol–water partition coefficient (Wildman–Crippen LogP) is 1.99.